The van der Waals surface area contributed by atoms with Crippen LogP contribution in [0.1, 0.15) is 38.5 Å². The van der Waals surface area contributed by atoms with Crippen LogP contribution < -0.4 is 0 Å². The molecule has 1 N–H and O–H groups in total. The Kier molecular flexibility index (Phi) is 4.67. The molecule has 0 radical (unpaired) electrons. The van der Waals surface area contributed by atoms with Gasteiger partial charge >= 0.3 is 0 Å². The van der Waals surface area contributed by atoms with Crippen molar-refractivity contribution in [3.63, 3.8) is 0 Å². The lowest BCUT2D eigenvalue weighted by molar-refractivity contribution is 0.0237. The molecule has 3 unspecified atom stereocenters. The molecule has 0 aromatic rings. The number of aliphatic hydroxyl groups is 1. The van der Waals surface area contributed by atoms with Gasteiger partial charge in [0, 0.05) is 24.8 Å². The smallest absolute Gasteiger partial charge is 0.148 e. The van der Waals surface area contributed by atoms with E-state index in [0.717, 1.165) is 38.6 Å². The zero-order chi connectivity index (χ0) is 13.2. The van der Waals surface area contributed by atoms with Crippen molar-refractivity contribution in [1.29, 1.82) is 0 Å². The first-order valence-corrected chi connectivity index (χ1v) is 9.13. The first-order valence-electron chi connectivity index (χ1n) is 7.07. The van der Waals surface area contributed by atoms with Crippen molar-refractivity contribution >= 4 is 9.84 Å². The van der Waals surface area contributed by atoms with Crippen molar-refractivity contribution in [2.24, 2.45) is 5.92 Å². The van der Waals surface area contributed by atoms with E-state index in [2.05, 4.69) is 4.90 Å². The Bertz CT molecular complexity index is 368. The minimum atomic E-state index is -2.88. The summed E-state index contributed by atoms with van der Waals surface area (Å²) < 4.78 is 22.5. The van der Waals surface area contributed by atoms with Crippen LogP contribution in [0, 0.1) is 5.92 Å². The second-order valence-electron chi connectivity index (χ2n) is 5.89. The summed E-state index contributed by atoms with van der Waals surface area (Å²) in [7, 11) is -2.88. The van der Waals surface area contributed by atoms with Crippen molar-refractivity contribution in [3.05, 3.63) is 0 Å². The highest BCUT2D eigenvalue weighted by molar-refractivity contribution is 7.90. The summed E-state index contributed by atoms with van der Waals surface area (Å²) in [6.07, 6.45) is 7.73. The molecule has 1 aliphatic carbocycles. The molecule has 5 heteroatoms. The van der Waals surface area contributed by atoms with Gasteiger partial charge in [0.05, 0.1) is 11.9 Å². The molecule has 0 aromatic heterocycles. The summed E-state index contributed by atoms with van der Waals surface area (Å²) in [6, 6.07) is 0.405. The molecule has 4 nitrogen and oxygen atoms in total. The molecular formula is C13H25NO3S. The van der Waals surface area contributed by atoms with E-state index >= 15 is 0 Å². The summed E-state index contributed by atoms with van der Waals surface area (Å²) >= 11 is 0. The van der Waals surface area contributed by atoms with Crippen LogP contribution in [0.15, 0.2) is 0 Å². The van der Waals surface area contributed by atoms with Gasteiger partial charge in [-0.05, 0) is 32.2 Å². The van der Waals surface area contributed by atoms with E-state index in [1.165, 1.54) is 12.7 Å². The largest absolute Gasteiger partial charge is 0.393 e. The zero-order valence-corrected chi connectivity index (χ0v) is 12.0. The minimum absolute atomic E-state index is 0.178. The van der Waals surface area contributed by atoms with Gasteiger partial charge in [-0.25, -0.2) is 8.42 Å². The lowest BCUT2D eigenvalue weighted by atomic mass is 9.80. The molecule has 2 fully saturated rings. The Morgan fingerprint density at radius 1 is 1.17 bits per heavy atom. The number of hydrogen-bond donors (Lipinski definition) is 1. The molecule has 1 heterocycles. The van der Waals surface area contributed by atoms with E-state index in [1.807, 2.05) is 0 Å². The number of hydrogen-bond acceptors (Lipinski definition) is 4. The van der Waals surface area contributed by atoms with Gasteiger partial charge in [0.2, 0.25) is 0 Å². The first kappa shape index (κ1) is 14.3. The van der Waals surface area contributed by atoms with Gasteiger partial charge in [0.25, 0.3) is 0 Å². The number of nitrogens with zero attached hydrogens (tertiary/aromatic N) is 1. The summed E-state index contributed by atoms with van der Waals surface area (Å²) in [4.78, 5) is 2.29. The Hall–Kier alpha value is -0.130. The molecule has 0 spiro atoms. The van der Waals surface area contributed by atoms with Gasteiger partial charge in [-0.15, -0.1) is 0 Å². The standard InChI is InChI=1S/C13H25NO3S/c1-18(16,17)10-9-14-8-4-6-12(14)11-5-2-3-7-13(11)15/h11-13,15H,2-10H2,1H3. The molecule has 1 saturated carbocycles. The number of sulfone groups is 1. The van der Waals surface area contributed by atoms with Crippen LogP contribution in [-0.2, 0) is 9.84 Å². The van der Waals surface area contributed by atoms with Crippen molar-refractivity contribution in [2.45, 2.75) is 50.7 Å². The Morgan fingerprint density at radius 3 is 2.56 bits per heavy atom. The first-order chi connectivity index (χ1) is 8.47. The Labute approximate surface area is 110 Å². The second-order valence-corrected chi connectivity index (χ2v) is 8.15. The van der Waals surface area contributed by atoms with Crippen molar-refractivity contribution in [3.8, 4) is 0 Å². The fourth-order valence-electron chi connectivity index (χ4n) is 3.49. The molecule has 3 atom stereocenters. The Balaban J connectivity index is 1.94. The highest BCUT2D eigenvalue weighted by atomic mass is 32.2. The third-order valence-corrected chi connectivity index (χ3v) is 5.36. The second kappa shape index (κ2) is 5.88. The van der Waals surface area contributed by atoms with Crippen LogP contribution in [0.2, 0.25) is 0 Å². The molecule has 0 aromatic carbocycles. The van der Waals surface area contributed by atoms with Gasteiger partial charge in [-0.1, -0.05) is 12.8 Å². The molecule has 2 rings (SSSR count). The van der Waals surface area contributed by atoms with E-state index in [4.69, 9.17) is 0 Å². The fraction of sp³-hybridized carbons (Fsp3) is 1.00. The van der Waals surface area contributed by atoms with Gasteiger partial charge in [-0.3, -0.25) is 4.90 Å². The summed E-state index contributed by atoms with van der Waals surface area (Å²) in [5.41, 5.74) is 0. The SMILES string of the molecule is CS(=O)(=O)CCN1CCCC1C1CCCCC1O. The summed E-state index contributed by atoms with van der Waals surface area (Å²) in [5.74, 6) is 0.604. The average molecular weight is 275 g/mol. The molecule has 2 aliphatic rings. The number of aliphatic hydroxyl groups excluding tert-OH is 1. The molecule has 106 valence electrons. The minimum Gasteiger partial charge on any atom is -0.393 e. The van der Waals surface area contributed by atoms with E-state index in [9.17, 15) is 13.5 Å². The maximum absolute atomic E-state index is 11.3. The van der Waals surface area contributed by atoms with Crippen molar-refractivity contribution in [2.75, 3.05) is 25.1 Å². The maximum Gasteiger partial charge on any atom is 0.148 e. The highest BCUT2D eigenvalue weighted by Crippen LogP contribution is 2.34. The molecular weight excluding hydrogens is 250 g/mol. The lowest BCUT2D eigenvalue weighted by Crippen LogP contribution is -2.44. The molecule has 0 bridgehead atoms. The van der Waals surface area contributed by atoms with Crippen molar-refractivity contribution < 1.29 is 13.5 Å². The predicted molar refractivity (Wildman–Crippen MR) is 72.3 cm³/mol. The third kappa shape index (κ3) is 3.68. The lowest BCUT2D eigenvalue weighted by Gasteiger charge is -2.37. The Morgan fingerprint density at radius 2 is 1.89 bits per heavy atom. The highest BCUT2D eigenvalue weighted by Gasteiger charge is 2.36. The quantitative estimate of drug-likeness (QED) is 0.833. The monoisotopic (exact) mass is 275 g/mol. The normalized spacial score (nSPS) is 34.9. The van der Waals surface area contributed by atoms with Crippen LogP contribution in [-0.4, -0.2) is 55.7 Å². The molecule has 18 heavy (non-hydrogen) atoms. The van der Waals surface area contributed by atoms with E-state index in [-0.39, 0.29) is 11.9 Å². The van der Waals surface area contributed by atoms with Crippen LogP contribution in [0.5, 0.6) is 0 Å². The van der Waals surface area contributed by atoms with Gasteiger partial charge < -0.3 is 5.11 Å². The molecule has 0 amide bonds. The van der Waals surface area contributed by atoms with Gasteiger partial charge in [0.15, 0.2) is 0 Å². The van der Waals surface area contributed by atoms with Crippen molar-refractivity contribution in [1.82, 2.24) is 4.90 Å². The van der Waals surface area contributed by atoms with Gasteiger partial charge in [-0.2, -0.15) is 0 Å². The summed E-state index contributed by atoms with van der Waals surface area (Å²) in [6.45, 7) is 1.62. The summed E-state index contributed by atoms with van der Waals surface area (Å²) in [5, 5.41) is 10.1. The van der Waals surface area contributed by atoms with Gasteiger partial charge in [0.1, 0.15) is 9.84 Å². The zero-order valence-electron chi connectivity index (χ0n) is 11.2. The topological polar surface area (TPSA) is 57.6 Å². The van der Waals surface area contributed by atoms with E-state index in [1.54, 1.807) is 0 Å². The maximum atomic E-state index is 11.3. The van der Waals surface area contributed by atoms with E-state index in [0.29, 0.717) is 18.5 Å². The average Bonchev–Trinajstić information content (AvgIpc) is 2.74. The number of likely N-dealkylation sites (tertiary alicyclic amines) is 1. The predicted octanol–water partition coefficient (Wildman–Crippen LogP) is 1.05. The van der Waals surface area contributed by atoms with Crippen LogP contribution in [0.3, 0.4) is 0 Å². The fourth-order valence-corrected chi connectivity index (χ4v) is 4.05. The van der Waals surface area contributed by atoms with Crippen LogP contribution >= 0.6 is 0 Å². The molecule has 1 saturated heterocycles. The van der Waals surface area contributed by atoms with Crippen LogP contribution in [0.25, 0.3) is 0 Å². The molecule has 1 aliphatic heterocycles. The van der Waals surface area contributed by atoms with Crippen LogP contribution in [0.4, 0.5) is 0 Å². The number of rotatable bonds is 4. The van der Waals surface area contributed by atoms with E-state index < -0.39 is 9.84 Å². The third-order valence-electron chi connectivity index (χ3n) is 4.44.